The maximum atomic E-state index is 11.6. The van der Waals surface area contributed by atoms with Crippen molar-refractivity contribution in [2.45, 2.75) is 26.4 Å². The zero-order chi connectivity index (χ0) is 13.8. The van der Waals surface area contributed by atoms with E-state index < -0.39 is 17.7 Å². The number of nitrogens with zero attached hydrogens (tertiary/aromatic N) is 3. The second-order valence-corrected chi connectivity index (χ2v) is 4.80. The maximum absolute atomic E-state index is 11.6. The Morgan fingerprint density at radius 1 is 1.44 bits per heavy atom. The molecule has 0 aliphatic carbocycles. The molecule has 1 aromatic rings. The van der Waals surface area contributed by atoms with Crippen LogP contribution in [-0.4, -0.2) is 44.8 Å². The molecule has 1 heterocycles. The van der Waals surface area contributed by atoms with Gasteiger partial charge in [0.25, 0.3) is 5.82 Å². The first kappa shape index (κ1) is 14.5. The zero-order valence-electron chi connectivity index (χ0n) is 10.4. The number of thiol groups is 1. The van der Waals surface area contributed by atoms with E-state index in [0.717, 1.165) is 11.0 Å². The Labute approximate surface area is 110 Å². The van der Waals surface area contributed by atoms with E-state index in [1.165, 1.54) is 0 Å². The van der Waals surface area contributed by atoms with Gasteiger partial charge >= 0.3 is 12.1 Å². The van der Waals surface area contributed by atoms with E-state index in [2.05, 4.69) is 22.7 Å². The van der Waals surface area contributed by atoms with E-state index in [0.29, 0.717) is 5.75 Å². The minimum atomic E-state index is -0.705. The summed E-state index contributed by atoms with van der Waals surface area (Å²) < 4.78 is 10.7. The monoisotopic (exact) mass is 273 g/mol. The highest BCUT2D eigenvalue weighted by molar-refractivity contribution is 7.80. The molecule has 100 valence electrons. The summed E-state index contributed by atoms with van der Waals surface area (Å²) >= 11 is 3.89. The van der Waals surface area contributed by atoms with Crippen LogP contribution in [-0.2, 0) is 9.47 Å². The Balaban J connectivity index is 2.68. The Kier molecular flexibility index (Phi) is 4.71. The minimum absolute atomic E-state index is 0.156. The quantitative estimate of drug-likeness (QED) is 0.657. The fourth-order valence-electron chi connectivity index (χ4n) is 0.956. The Hall–Kier alpha value is -1.57. The molecule has 0 aliphatic rings. The van der Waals surface area contributed by atoms with Gasteiger partial charge in [0.2, 0.25) is 0 Å². The maximum Gasteiger partial charge on any atom is 0.436 e. The third-order valence-electron chi connectivity index (χ3n) is 1.58. The van der Waals surface area contributed by atoms with Crippen molar-refractivity contribution in [3.63, 3.8) is 0 Å². The second kappa shape index (κ2) is 5.85. The standard InChI is InChI=1S/C10H15N3O4S/c1-10(2,3)17-9(15)13-6-11-7(12-13)8(14)16-4-5-18/h6,18H,4-5H2,1-3H3. The third kappa shape index (κ3) is 4.36. The Morgan fingerprint density at radius 2 is 2.11 bits per heavy atom. The number of aromatic nitrogens is 3. The summed E-state index contributed by atoms with van der Waals surface area (Å²) in [5, 5.41) is 3.68. The molecule has 0 aliphatic heterocycles. The van der Waals surface area contributed by atoms with Gasteiger partial charge in [-0.1, -0.05) is 0 Å². The first-order valence-corrected chi connectivity index (χ1v) is 5.90. The van der Waals surface area contributed by atoms with Gasteiger partial charge in [0.05, 0.1) is 0 Å². The van der Waals surface area contributed by atoms with Crippen LogP contribution in [0.15, 0.2) is 6.33 Å². The average molecular weight is 273 g/mol. The summed E-state index contributed by atoms with van der Waals surface area (Å²) in [5.41, 5.74) is -0.643. The number of carbonyl (C=O) groups is 2. The molecule has 7 nitrogen and oxygen atoms in total. The van der Waals surface area contributed by atoms with Crippen molar-refractivity contribution in [1.29, 1.82) is 0 Å². The lowest BCUT2D eigenvalue weighted by Gasteiger charge is -2.18. The molecule has 1 aromatic heterocycles. The molecule has 0 aromatic carbocycles. The normalized spacial score (nSPS) is 11.1. The number of esters is 1. The third-order valence-corrected chi connectivity index (χ3v) is 1.76. The number of ether oxygens (including phenoxy) is 2. The van der Waals surface area contributed by atoms with Crippen LogP contribution in [0.1, 0.15) is 31.4 Å². The van der Waals surface area contributed by atoms with Crippen molar-refractivity contribution in [3.05, 3.63) is 12.2 Å². The Morgan fingerprint density at radius 3 is 2.67 bits per heavy atom. The predicted octanol–water partition coefficient (Wildman–Crippen LogP) is 1.15. The van der Waals surface area contributed by atoms with E-state index in [1.807, 2.05) is 0 Å². The van der Waals surface area contributed by atoms with Crippen molar-refractivity contribution in [1.82, 2.24) is 14.8 Å². The lowest BCUT2D eigenvalue weighted by molar-refractivity contribution is 0.0501. The van der Waals surface area contributed by atoms with Crippen LogP contribution in [0.4, 0.5) is 4.79 Å². The van der Waals surface area contributed by atoms with Crippen LogP contribution in [0, 0.1) is 0 Å². The van der Waals surface area contributed by atoms with Crippen molar-refractivity contribution in [3.8, 4) is 0 Å². The van der Waals surface area contributed by atoms with Crippen molar-refractivity contribution in [2.75, 3.05) is 12.4 Å². The number of carbonyl (C=O) groups excluding carboxylic acids is 2. The van der Waals surface area contributed by atoms with E-state index >= 15 is 0 Å². The van der Waals surface area contributed by atoms with E-state index in [1.54, 1.807) is 20.8 Å². The SMILES string of the molecule is CC(C)(C)OC(=O)n1cnc(C(=O)OCCS)n1. The van der Waals surface area contributed by atoms with E-state index in [4.69, 9.17) is 9.47 Å². The molecule has 0 amide bonds. The largest absolute Gasteiger partial charge is 0.459 e. The average Bonchev–Trinajstić information content (AvgIpc) is 2.72. The number of hydrogen-bond donors (Lipinski definition) is 1. The van der Waals surface area contributed by atoms with Crippen LogP contribution in [0.5, 0.6) is 0 Å². The molecule has 0 spiro atoms. The lowest BCUT2D eigenvalue weighted by atomic mass is 10.2. The molecule has 0 radical (unpaired) electrons. The molecule has 1 rings (SSSR count). The van der Waals surface area contributed by atoms with Crippen LogP contribution in [0.2, 0.25) is 0 Å². The van der Waals surface area contributed by atoms with Gasteiger partial charge in [-0.15, -0.1) is 5.10 Å². The van der Waals surface area contributed by atoms with Gasteiger partial charge in [0.1, 0.15) is 18.5 Å². The van der Waals surface area contributed by atoms with Crippen molar-refractivity contribution in [2.24, 2.45) is 0 Å². The zero-order valence-corrected chi connectivity index (χ0v) is 11.3. The first-order chi connectivity index (χ1) is 8.33. The summed E-state index contributed by atoms with van der Waals surface area (Å²) in [7, 11) is 0. The smallest absolute Gasteiger partial charge is 0.436 e. The van der Waals surface area contributed by atoms with Crippen LogP contribution >= 0.6 is 12.6 Å². The predicted molar refractivity (Wildman–Crippen MR) is 65.8 cm³/mol. The molecule has 8 heteroatoms. The molecule has 0 fully saturated rings. The molecule has 0 unspecified atom stereocenters. The molecule has 0 bridgehead atoms. The summed E-state index contributed by atoms with van der Waals surface area (Å²) in [6.45, 7) is 5.33. The van der Waals surface area contributed by atoms with Gasteiger partial charge in [0, 0.05) is 5.75 Å². The van der Waals surface area contributed by atoms with Gasteiger partial charge in [-0.2, -0.15) is 17.3 Å². The summed E-state index contributed by atoms with van der Waals surface area (Å²) in [6.07, 6.45) is 0.397. The highest BCUT2D eigenvalue weighted by Crippen LogP contribution is 2.08. The van der Waals surface area contributed by atoms with Crippen molar-refractivity contribution >= 4 is 24.7 Å². The molecule has 0 atom stereocenters. The topological polar surface area (TPSA) is 83.3 Å². The van der Waals surface area contributed by atoms with Gasteiger partial charge in [0.15, 0.2) is 0 Å². The molecular formula is C10H15N3O4S. The summed E-state index contributed by atoms with van der Waals surface area (Å²) in [6, 6.07) is 0. The lowest BCUT2D eigenvalue weighted by Crippen LogP contribution is -2.27. The second-order valence-electron chi connectivity index (χ2n) is 4.35. The molecule has 0 N–H and O–H groups in total. The summed E-state index contributed by atoms with van der Waals surface area (Å²) in [5.74, 6) is -0.493. The fourth-order valence-corrected chi connectivity index (χ4v) is 1.05. The Bertz CT molecular complexity index is 439. The van der Waals surface area contributed by atoms with Crippen molar-refractivity contribution < 1.29 is 19.1 Å². The highest BCUT2D eigenvalue weighted by atomic mass is 32.1. The van der Waals surface area contributed by atoms with Gasteiger partial charge in [-0.05, 0) is 20.8 Å². The van der Waals surface area contributed by atoms with Crippen LogP contribution in [0.25, 0.3) is 0 Å². The molecular weight excluding hydrogens is 258 g/mol. The van der Waals surface area contributed by atoms with E-state index in [9.17, 15) is 9.59 Å². The highest BCUT2D eigenvalue weighted by Gasteiger charge is 2.21. The number of hydrogen-bond acceptors (Lipinski definition) is 7. The van der Waals surface area contributed by atoms with E-state index in [-0.39, 0.29) is 12.4 Å². The number of rotatable bonds is 3. The van der Waals surface area contributed by atoms with Crippen LogP contribution in [0.3, 0.4) is 0 Å². The summed E-state index contributed by atoms with van der Waals surface area (Å²) in [4.78, 5) is 26.6. The van der Waals surface area contributed by atoms with Gasteiger partial charge < -0.3 is 9.47 Å². The molecule has 0 saturated heterocycles. The molecule has 0 saturated carbocycles. The minimum Gasteiger partial charge on any atom is -0.459 e. The first-order valence-electron chi connectivity index (χ1n) is 5.26. The fraction of sp³-hybridized carbons (Fsp3) is 0.600. The molecule has 18 heavy (non-hydrogen) atoms. The van der Waals surface area contributed by atoms with Gasteiger partial charge in [-0.3, -0.25) is 0 Å². The van der Waals surface area contributed by atoms with Crippen LogP contribution < -0.4 is 0 Å². The van der Waals surface area contributed by atoms with Gasteiger partial charge in [-0.25, -0.2) is 14.6 Å².